The maximum atomic E-state index is 5.60. The molecular weight excluding hydrogens is 250 g/mol. The number of benzene rings is 1. The van der Waals surface area contributed by atoms with Crippen molar-refractivity contribution in [3.05, 3.63) is 59.9 Å². The van der Waals surface area contributed by atoms with Crippen LogP contribution < -0.4 is 10.6 Å². The Kier molecular flexibility index (Phi) is 3.35. The Balaban J connectivity index is 1.85. The van der Waals surface area contributed by atoms with Gasteiger partial charge >= 0.3 is 0 Å². The summed E-state index contributed by atoms with van der Waals surface area (Å²) in [6.07, 6.45) is 1.87. The highest BCUT2D eigenvalue weighted by molar-refractivity contribution is 5.46. The van der Waals surface area contributed by atoms with Crippen LogP contribution in [0.1, 0.15) is 11.3 Å². The minimum Gasteiger partial charge on any atom is -0.354 e. The molecule has 0 spiro atoms. The van der Waals surface area contributed by atoms with Gasteiger partial charge in [-0.05, 0) is 17.7 Å². The van der Waals surface area contributed by atoms with Crippen molar-refractivity contribution in [2.45, 2.75) is 13.1 Å². The lowest BCUT2D eigenvalue weighted by atomic mass is 10.2. The predicted octanol–water partition coefficient (Wildman–Crippen LogP) is 1.82. The van der Waals surface area contributed by atoms with Crippen molar-refractivity contribution in [2.75, 3.05) is 11.9 Å². The first kappa shape index (κ1) is 12.6. The van der Waals surface area contributed by atoms with Crippen molar-refractivity contribution in [1.29, 1.82) is 0 Å². The van der Waals surface area contributed by atoms with Crippen LogP contribution in [0.5, 0.6) is 0 Å². The Bertz CT molecular complexity index is 705. The van der Waals surface area contributed by atoms with Crippen molar-refractivity contribution in [3.8, 4) is 0 Å². The molecular formula is C15H17N5. The molecule has 0 fully saturated rings. The zero-order chi connectivity index (χ0) is 13.9. The third-order valence-corrected chi connectivity index (χ3v) is 3.22. The number of fused-ring (bicyclic) bond motifs is 1. The van der Waals surface area contributed by atoms with Crippen molar-refractivity contribution in [1.82, 2.24) is 14.6 Å². The minimum absolute atomic E-state index is 0.429. The predicted molar refractivity (Wildman–Crippen MR) is 79.4 cm³/mol. The molecule has 3 rings (SSSR count). The Morgan fingerprint density at radius 3 is 2.70 bits per heavy atom. The maximum Gasteiger partial charge on any atom is 0.153 e. The number of nitrogens with two attached hydrogens (primary N) is 1. The quantitative estimate of drug-likeness (QED) is 0.783. The highest BCUT2D eigenvalue weighted by atomic mass is 15.3. The normalized spacial score (nSPS) is 10.9. The third-order valence-electron chi connectivity index (χ3n) is 3.22. The van der Waals surface area contributed by atoms with Crippen LogP contribution in [0.3, 0.4) is 0 Å². The number of anilines is 1. The Hall–Kier alpha value is -2.40. The second-order valence-electron chi connectivity index (χ2n) is 4.77. The van der Waals surface area contributed by atoms with Gasteiger partial charge in [0.05, 0.1) is 11.9 Å². The van der Waals surface area contributed by atoms with E-state index in [0.29, 0.717) is 6.54 Å². The van der Waals surface area contributed by atoms with Gasteiger partial charge in [-0.15, -0.1) is 5.10 Å². The van der Waals surface area contributed by atoms with Gasteiger partial charge in [0.1, 0.15) is 5.82 Å². The Morgan fingerprint density at radius 2 is 1.95 bits per heavy atom. The molecule has 2 N–H and O–H groups in total. The lowest BCUT2D eigenvalue weighted by Crippen LogP contribution is -2.18. The van der Waals surface area contributed by atoms with E-state index in [4.69, 9.17) is 5.73 Å². The van der Waals surface area contributed by atoms with E-state index in [-0.39, 0.29) is 0 Å². The lowest BCUT2D eigenvalue weighted by Gasteiger charge is -2.17. The average Bonchev–Trinajstić information content (AvgIpc) is 2.90. The smallest absolute Gasteiger partial charge is 0.153 e. The number of imidazole rings is 1. The summed E-state index contributed by atoms with van der Waals surface area (Å²) in [7, 11) is 2.03. The van der Waals surface area contributed by atoms with E-state index in [1.165, 1.54) is 5.56 Å². The van der Waals surface area contributed by atoms with Crippen molar-refractivity contribution in [3.63, 3.8) is 0 Å². The molecule has 0 saturated carbocycles. The van der Waals surface area contributed by atoms with E-state index in [0.717, 1.165) is 23.7 Å². The fourth-order valence-corrected chi connectivity index (χ4v) is 2.16. The van der Waals surface area contributed by atoms with Gasteiger partial charge in [0.25, 0.3) is 0 Å². The summed E-state index contributed by atoms with van der Waals surface area (Å²) in [6.45, 7) is 1.25. The highest BCUT2D eigenvalue weighted by Gasteiger charge is 2.06. The van der Waals surface area contributed by atoms with Crippen LogP contribution in [0.25, 0.3) is 5.65 Å². The summed E-state index contributed by atoms with van der Waals surface area (Å²) >= 11 is 0. The van der Waals surface area contributed by atoms with E-state index in [1.807, 2.05) is 43.6 Å². The molecule has 102 valence electrons. The molecule has 3 aromatic rings. The maximum absolute atomic E-state index is 5.60. The molecule has 0 aliphatic carbocycles. The fourth-order valence-electron chi connectivity index (χ4n) is 2.16. The molecule has 0 saturated heterocycles. The van der Waals surface area contributed by atoms with E-state index >= 15 is 0 Å². The number of nitrogens with zero attached hydrogens (tertiary/aromatic N) is 4. The molecule has 20 heavy (non-hydrogen) atoms. The SMILES string of the molecule is CN(Cc1ccccc1)c1ccc2nc(CN)cn2n1. The van der Waals surface area contributed by atoms with Gasteiger partial charge in [0.2, 0.25) is 0 Å². The molecule has 1 aromatic carbocycles. The molecule has 0 radical (unpaired) electrons. The summed E-state index contributed by atoms with van der Waals surface area (Å²) in [6, 6.07) is 14.3. The fraction of sp³-hybridized carbons (Fsp3) is 0.200. The third kappa shape index (κ3) is 2.48. The monoisotopic (exact) mass is 267 g/mol. The molecule has 2 heterocycles. The summed E-state index contributed by atoms with van der Waals surface area (Å²) in [5.41, 5.74) is 8.52. The Morgan fingerprint density at radius 1 is 1.15 bits per heavy atom. The molecule has 2 aromatic heterocycles. The largest absolute Gasteiger partial charge is 0.354 e. The van der Waals surface area contributed by atoms with Crippen LogP contribution in [0.2, 0.25) is 0 Å². The molecule has 0 bridgehead atoms. The summed E-state index contributed by atoms with van der Waals surface area (Å²) in [5.74, 6) is 0.905. The molecule has 0 aliphatic rings. The summed E-state index contributed by atoms with van der Waals surface area (Å²) in [5, 5.41) is 4.56. The van der Waals surface area contributed by atoms with Gasteiger partial charge in [-0.1, -0.05) is 30.3 Å². The number of hydrogen-bond acceptors (Lipinski definition) is 4. The van der Waals surface area contributed by atoms with Crippen LogP contribution >= 0.6 is 0 Å². The van der Waals surface area contributed by atoms with Gasteiger partial charge < -0.3 is 10.6 Å². The van der Waals surface area contributed by atoms with E-state index < -0.39 is 0 Å². The second-order valence-corrected chi connectivity index (χ2v) is 4.77. The van der Waals surface area contributed by atoms with Crippen molar-refractivity contribution < 1.29 is 0 Å². The topological polar surface area (TPSA) is 59.5 Å². The van der Waals surface area contributed by atoms with Crippen molar-refractivity contribution >= 4 is 11.5 Å². The zero-order valence-corrected chi connectivity index (χ0v) is 11.4. The van der Waals surface area contributed by atoms with Crippen LogP contribution in [-0.4, -0.2) is 21.6 Å². The summed E-state index contributed by atoms with van der Waals surface area (Å²) < 4.78 is 1.78. The van der Waals surface area contributed by atoms with Crippen LogP contribution in [0, 0.1) is 0 Å². The van der Waals surface area contributed by atoms with Crippen molar-refractivity contribution in [2.24, 2.45) is 5.73 Å². The number of rotatable bonds is 4. The molecule has 0 amide bonds. The van der Waals surface area contributed by atoms with Gasteiger partial charge in [0, 0.05) is 20.1 Å². The summed E-state index contributed by atoms with van der Waals surface area (Å²) in [4.78, 5) is 6.48. The first-order valence-electron chi connectivity index (χ1n) is 6.57. The van der Waals surface area contributed by atoms with Gasteiger partial charge in [-0.2, -0.15) is 0 Å². The molecule has 0 unspecified atom stereocenters. The van der Waals surface area contributed by atoms with Crippen LogP contribution in [-0.2, 0) is 13.1 Å². The first-order valence-corrected chi connectivity index (χ1v) is 6.57. The average molecular weight is 267 g/mol. The number of hydrogen-bond donors (Lipinski definition) is 1. The van der Waals surface area contributed by atoms with E-state index in [1.54, 1.807) is 4.52 Å². The lowest BCUT2D eigenvalue weighted by molar-refractivity contribution is 0.840. The zero-order valence-electron chi connectivity index (χ0n) is 11.4. The molecule has 0 aliphatic heterocycles. The van der Waals surface area contributed by atoms with E-state index in [2.05, 4.69) is 27.1 Å². The molecule has 5 nitrogen and oxygen atoms in total. The van der Waals surface area contributed by atoms with Gasteiger partial charge in [0.15, 0.2) is 5.65 Å². The van der Waals surface area contributed by atoms with Crippen LogP contribution in [0.15, 0.2) is 48.7 Å². The second kappa shape index (κ2) is 5.30. The van der Waals surface area contributed by atoms with Crippen LogP contribution in [0.4, 0.5) is 5.82 Å². The molecule has 5 heteroatoms. The van der Waals surface area contributed by atoms with Gasteiger partial charge in [-0.3, -0.25) is 0 Å². The Labute approximate surface area is 117 Å². The van der Waals surface area contributed by atoms with E-state index in [9.17, 15) is 0 Å². The molecule has 0 atom stereocenters. The highest BCUT2D eigenvalue weighted by Crippen LogP contribution is 2.14. The number of aromatic nitrogens is 3. The standard InChI is InChI=1S/C15H17N5/c1-19(10-12-5-3-2-4-6-12)15-8-7-14-17-13(9-16)11-20(14)18-15/h2-8,11H,9-10,16H2,1H3. The minimum atomic E-state index is 0.429. The first-order chi connectivity index (χ1) is 9.76. The van der Waals surface area contributed by atoms with Gasteiger partial charge in [-0.25, -0.2) is 9.50 Å².